The molecule has 2 rings (SSSR count). The van der Waals surface area contributed by atoms with Crippen molar-refractivity contribution in [3.05, 3.63) is 59.9 Å². The Hall–Kier alpha value is -2.02. The lowest BCUT2D eigenvalue weighted by molar-refractivity contribution is -0.137. The number of alkyl halides is 3. The van der Waals surface area contributed by atoms with Gasteiger partial charge < -0.3 is 4.90 Å². The van der Waals surface area contributed by atoms with Crippen molar-refractivity contribution >= 4 is 23.4 Å². The zero-order valence-electron chi connectivity index (χ0n) is 12.8. The van der Waals surface area contributed by atoms with Crippen molar-refractivity contribution in [1.82, 2.24) is 0 Å². The summed E-state index contributed by atoms with van der Waals surface area (Å²) in [6.07, 6.45) is -4.41. The molecule has 0 saturated carbocycles. The predicted molar refractivity (Wildman–Crippen MR) is 86.6 cm³/mol. The van der Waals surface area contributed by atoms with E-state index in [0.29, 0.717) is 17.1 Å². The molecule has 0 aliphatic carbocycles. The molecule has 0 radical (unpaired) electrons. The van der Waals surface area contributed by atoms with E-state index in [-0.39, 0.29) is 11.7 Å². The van der Waals surface area contributed by atoms with Gasteiger partial charge in [-0.2, -0.15) is 13.2 Å². The summed E-state index contributed by atoms with van der Waals surface area (Å²) in [5.74, 6) is -0.667. The van der Waals surface area contributed by atoms with Crippen molar-refractivity contribution in [2.24, 2.45) is 0 Å². The van der Waals surface area contributed by atoms with Gasteiger partial charge >= 0.3 is 6.18 Å². The molecule has 1 amide bonds. The number of nitrogens with zero attached hydrogens (tertiary/aromatic N) is 1. The highest BCUT2D eigenvalue weighted by Gasteiger charge is 2.30. The molecule has 2 aromatic rings. The lowest BCUT2D eigenvalue weighted by Gasteiger charge is -2.21. The Morgan fingerprint density at radius 3 is 2.38 bits per heavy atom. The van der Waals surface area contributed by atoms with Crippen LogP contribution in [-0.4, -0.2) is 18.2 Å². The minimum Gasteiger partial charge on any atom is -0.312 e. The van der Waals surface area contributed by atoms with Gasteiger partial charge in [-0.1, -0.05) is 6.07 Å². The van der Waals surface area contributed by atoms with Crippen LogP contribution in [0.25, 0.3) is 0 Å². The van der Waals surface area contributed by atoms with Gasteiger partial charge in [0.2, 0.25) is 5.91 Å². The highest BCUT2D eigenvalue weighted by molar-refractivity contribution is 8.00. The maximum Gasteiger partial charge on any atom is 0.416 e. The predicted octanol–water partition coefficient (Wildman–Crippen LogP) is 4.99. The van der Waals surface area contributed by atoms with Gasteiger partial charge in [-0.05, 0) is 49.4 Å². The number of hydrogen-bond donors (Lipinski definition) is 0. The van der Waals surface area contributed by atoms with E-state index in [1.165, 1.54) is 41.3 Å². The molecule has 2 aromatic carbocycles. The number of benzene rings is 2. The number of thioether (sulfide) groups is 1. The van der Waals surface area contributed by atoms with E-state index >= 15 is 0 Å². The van der Waals surface area contributed by atoms with E-state index in [4.69, 9.17) is 0 Å². The number of carbonyl (C=O) groups excluding carboxylic acids is 1. The Bertz CT molecular complexity index is 700. The molecule has 0 saturated heterocycles. The van der Waals surface area contributed by atoms with Gasteiger partial charge in [0.15, 0.2) is 0 Å². The minimum absolute atomic E-state index is 0.00741. The van der Waals surface area contributed by atoms with Crippen molar-refractivity contribution in [2.75, 3.05) is 17.2 Å². The van der Waals surface area contributed by atoms with Crippen molar-refractivity contribution in [2.45, 2.75) is 18.0 Å². The maximum atomic E-state index is 13.0. The van der Waals surface area contributed by atoms with Gasteiger partial charge in [0.1, 0.15) is 5.82 Å². The Morgan fingerprint density at radius 1 is 1.12 bits per heavy atom. The second-order valence-corrected chi connectivity index (χ2v) is 5.98. The Labute approximate surface area is 141 Å². The summed E-state index contributed by atoms with van der Waals surface area (Å²) in [6.45, 7) is 2.16. The Balaban J connectivity index is 2.05. The first-order chi connectivity index (χ1) is 11.3. The summed E-state index contributed by atoms with van der Waals surface area (Å²) in [5.41, 5.74) is -0.195. The molecule has 0 aliphatic rings. The number of amides is 1. The number of hydrogen-bond acceptors (Lipinski definition) is 2. The Kier molecular flexibility index (Phi) is 5.88. The standard InChI is InChI=1S/C17H15F4NOS/c1-2-22(14-8-6-13(18)7-9-14)16(23)11-24-15-5-3-4-12(10-15)17(19,20)21/h3-10H,2,11H2,1H3. The molecular formula is C17H15F4NOS. The average Bonchev–Trinajstić information content (AvgIpc) is 2.55. The van der Waals surface area contributed by atoms with Crippen LogP contribution in [0.5, 0.6) is 0 Å². The maximum absolute atomic E-state index is 13.0. The molecule has 0 atom stereocenters. The van der Waals surface area contributed by atoms with Crippen LogP contribution in [0.1, 0.15) is 12.5 Å². The second-order valence-electron chi connectivity index (χ2n) is 4.93. The number of carbonyl (C=O) groups is 1. The molecule has 24 heavy (non-hydrogen) atoms. The first-order valence-corrected chi connectivity index (χ1v) is 8.16. The molecule has 0 N–H and O–H groups in total. The Morgan fingerprint density at radius 2 is 1.79 bits per heavy atom. The van der Waals surface area contributed by atoms with Gasteiger partial charge in [-0.3, -0.25) is 4.79 Å². The topological polar surface area (TPSA) is 20.3 Å². The van der Waals surface area contributed by atoms with Crippen molar-refractivity contribution in [3.8, 4) is 0 Å². The molecule has 0 aliphatic heterocycles. The van der Waals surface area contributed by atoms with Crippen molar-refractivity contribution in [3.63, 3.8) is 0 Å². The summed E-state index contributed by atoms with van der Waals surface area (Å²) >= 11 is 1.04. The summed E-state index contributed by atoms with van der Waals surface area (Å²) in [6, 6.07) is 10.3. The molecular weight excluding hydrogens is 342 g/mol. The smallest absolute Gasteiger partial charge is 0.312 e. The molecule has 2 nitrogen and oxygen atoms in total. The lowest BCUT2D eigenvalue weighted by Crippen LogP contribution is -2.32. The fourth-order valence-electron chi connectivity index (χ4n) is 2.11. The van der Waals surface area contributed by atoms with Crippen LogP contribution in [0.15, 0.2) is 53.4 Å². The quantitative estimate of drug-likeness (QED) is 0.555. The zero-order valence-corrected chi connectivity index (χ0v) is 13.6. The normalized spacial score (nSPS) is 11.4. The molecule has 0 bridgehead atoms. The second kappa shape index (κ2) is 7.70. The van der Waals surface area contributed by atoms with Crippen LogP contribution in [0, 0.1) is 5.82 Å². The van der Waals surface area contributed by atoms with E-state index in [2.05, 4.69) is 0 Å². The third kappa shape index (κ3) is 4.74. The highest BCUT2D eigenvalue weighted by atomic mass is 32.2. The molecule has 0 spiro atoms. The van der Waals surface area contributed by atoms with Gasteiger partial charge in [-0.25, -0.2) is 4.39 Å². The number of halogens is 4. The van der Waals surface area contributed by atoms with Crippen LogP contribution in [-0.2, 0) is 11.0 Å². The van der Waals surface area contributed by atoms with E-state index in [0.717, 1.165) is 23.9 Å². The number of rotatable bonds is 5. The van der Waals surface area contributed by atoms with Crippen LogP contribution in [0.2, 0.25) is 0 Å². The average molecular weight is 357 g/mol. The molecule has 0 unspecified atom stereocenters. The van der Waals surface area contributed by atoms with Gasteiger partial charge in [-0.15, -0.1) is 11.8 Å². The third-order valence-corrected chi connectivity index (χ3v) is 4.26. The van der Waals surface area contributed by atoms with Gasteiger partial charge in [0.25, 0.3) is 0 Å². The van der Waals surface area contributed by atoms with Crippen molar-refractivity contribution < 1.29 is 22.4 Å². The zero-order chi connectivity index (χ0) is 17.7. The number of anilines is 1. The fraction of sp³-hybridized carbons (Fsp3) is 0.235. The lowest BCUT2D eigenvalue weighted by atomic mass is 10.2. The van der Waals surface area contributed by atoms with E-state index in [1.807, 2.05) is 0 Å². The minimum atomic E-state index is -4.41. The molecule has 0 fully saturated rings. The fourth-order valence-corrected chi connectivity index (χ4v) is 2.94. The molecule has 0 aromatic heterocycles. The third-order valence-electron chi connectivity index (χ3n) is 3.28. The van der Waals surface area contributed by atoms with Crippen molar-refractivity contribution in [1.29, 1.82) is 0 Å². The molecule has 0 heterocycles. The van der Waals surface area contributed by atoms with Crippen LogP contribution < -0.4 is 4.90 Å². The SMILES string of the molecule is CCN(C(=O)CSc1cccc(C(F)(F)F)c1)c1ccc(F)cc1. The monoisotopic (exact) mass is 357 g/mol. The van der Waals surface area contributed by atoms with E-state index in [9.17, 15) is 22.4 Å². The van der Waals surface area contributed by atoms with Gasteiger partial charge in [0.05, 0.1) is 11.3 Å². The van der Waals surface area contributed by atoms with Crippen LogP contribution >= 0.6 is 11.8 Å². The van der Waals surface area contributed by atoms with Crippen LogP contribution in [0.4, 0.5) is 23.2 Å². The largest absolute Gasteiger partial charge is 0.416 e. The summed E-state index contributed by atoms with van der Waals surface area (Å²) in [7, 11) is 0. The summed E-state index contributed by atoms with van der Waals surface area (Å²) in [4.78, 5) is 14.1. The first kappa shape index (κ1) is 18.3. The first-order valence-electron chi connectivity index (χ1n) is 7.17. The van der Waals surface area contributed by atoms with Gasteiger partial charge in [0, 0.05) is 17.1 Å². The highest BCUT2D eigenvalue weighted by Crippen LogP contribution is 2.32. The van der Waals surface area contributed by atoms with Crippen LogP contribution in [0.3, 0.4) is 0 Å². The molecule has 128 valence electrons. The summed E-state index contributed by atoms with van der Waals surface area (Å²) < 4.78 is 51.0. The van der Waals surface area contributed by atoms with E-state index < -0.39 is 17.6 Å². The van der Waals surface area contributed by atoms with E-state index in [1.54, 1.807) is 6.92 Å². The summed E-state index contributed by atoms with van der Waals surface area (Å²) in [5, 5.41) is 0. The molecule has 7 heteroatoms.